The summed E-state index contributed by atoms with van der Waals surface area (Å²) in [5.41, 5.74) is 2.64. The lowest BCUT2D eigenvalue weighted by molar-refractivity contribution is 0.276. The highest BCUT2D eigenvalue weighted by molar-refractivity contribution is 7.90. The average Bonchev–Trinajstić information content (AvgIpc) is 3.07. The Morgan fingerprint density at radius 3 is 2.52 bits per heavy atom. The summed E-state index contributed by atoms with van der Waals surface area (Å²) >= 11 is 0. The van der Waals surface area contributed by atoms with E-state index < -0.39 is 10.2 Å². The molecular formula is C18H23N3O3S. The first-order chi connectivity index (χ1) is 11.7. The topological polar surface area (TPSA) is 94.3 Å². The van der Waals surface area contributed by atoms with E-state index in [4.69, 9.17) is 9.88 Å². The SMILES string of the molecule is Cc1ncccc1OC[C@H]1[C@H](c2ccc(NS(N)(=O)=O)cc2)C1(C)C. The maximum Gasteiger partial charge on any atom is 0.296 e. The molecule has 1 aromatic carbocycles. The molecule has 6 nitrogen and oxygen atoms in total. The molecule has 1 aliphatic rings. The van der Waals surface area contributed by atoms with Gasteiger partial charge in [-0.1, -0.05) is 26.0 Å². The van der Waals surface area contributed by atoms with Gasteiger partial charge in [-0.25, -0.2) is 5.14 Å². The van der Waals surface area contributed by atoms with Crippen molar-refractivity contribution < 1.29 is 13.2 Å². The van der Waals surface area contributed by atoms with E-state index >= 15 is 0 Å². The van der Waals surface area contributed by atoms with Gasteiger partial charge in [0.15, 0.2) is 0 Å². The highest BCUT2D eigenvalue weighted by Crippen LogP contribution is 2.64. The molecule has 3 N–H and O–H groups in total. The highest BCUT2D eigenvalue weighted by atomic mass is 32.2. The number of hydrogen-bond donors (Lipinski definition) is 2. The van der Waals surface area contributed by atoms with E-state index in [0.29, 0.717) is 24.1 Å². The average molecular weight is 361 g/mol. The van der Waals surface area contributed by atoms with Crippen molar-refractivity contribution in [2.75, 3.05) is 11.3 Å². The number of benzene rings is 1. The van der Waals surface area contributed by atoms with Gasteiger partial charge in [-0.05, 0) is 48.1 Å². The van der Waals surface area contributed by atoms with Crippen molar-refractivity contribution in [1.29, 1.82) is 0 Å². The first kappa shape index (κ1) is 17.7. The minimum Gasteiger partial charge on any atom is -0.491 e. The van der Waals surface area contributed by atoms with E-state index in [2.05, 4.69) is 23.6 Å². The van der Waals surface area contributed by atoms with Gasteiger partial charge in [0, 0.05) is 17.8 Å². The third kappa shape index (κ3) is 3.93. The molecule has 0 bridgehead atoms. The van der Waals surface area contributed by atoms with Gasteiger partial charge in [0.05, 0.1) is 12.3 Å². The number of nitrogens with zero attached hydrogens (tertiary/aromatic N) is 1. The number of rotatable bonds is 6. The molecule has 1 heterocycles. The molecule has 134 valence electrons. The predicted octanol–water partition coefficient (Wildman–Crippen LogP) is 2.82. The minimum absolute atomic E-state index is 0.130. The Morgan fingerprint density at radius 2 is 1.92 bits per heavy atom. The quantitative estimate of drug-likeness (QED) is 0.827. The summed E-state index contributed by atoms with van der Waals surface area (Å²) in [6.07, 6.45) is 1.75. The van der Waals surface area contributed by atoms with Crippen LogP contribution < -0.4 is 14.6 Å². The van der Waals surface area contributed by atoms with Gasteiger partial charge >= 0.3 is 0 Å². The zero-order valence-corrected chi connectivity index (χ0v) is 15.4. The molecular weight excluding hydrogens is 338 g/mol. The molecule has 0 saturated heterocycles. The van der Waals surface area contributed by atoms with Crippen LogP contribution in [-0.4, -0.2) is 20.0 Å². The number of anilines is 1. The lowest BCUT2D eigenvalue weighted by Crippen LogP contribution is -2.21. The van der Waals surface area contributed by atoms with Crippen LogP contribution in [0.5, 0.6) is 5.75 Å². The second kappa shape index (κ2) is 6.31. The van der Waals surface area contributed by atoms with E-state index in [1.54, 1.807) is 18.3 Å². The van der Waals surface area contributed by atoms with Crippen molar-refractivity contribution >= 4 is 15.9 Å². The molecule has 1 aromatic heterocycles. The molecule has 0 radical (unpaired) electrons. The van der Waals surface area contributed by atoms with E-state index in [9.17, 15) is 8.42 Å². The third-order valence-corrected chi connectivity index (χ3v) is 5.48. The van der Waals surface area contributed by atoms with E-state index in [-0.39, 0.29) is 5.41 Å². The molecule has 0 amide bonds. The smallest absolute Gasteiger partial charge is 0.296 e. The van der Waals surface area contributed by atoms with E-state index in [1.165, 1.54) is 5.56 Å². The van der Waals surface area contributed by atoms with Crippen molar-refractivity contribution in [3.63, 3.8) is 0 Å². The number of pyridine rings is 1. The first-order valence-corrected chi connectivity index (χ1v) is 9.68. The summed E-state index contributed by atoms with van der Waals surface area (Å²) in [5, 5.41) is 4.99. The minimum atomic E-state index is -3.75. The molecule has 25 heavy (non-hydrogen) atoms. The molecule has 1 saturated carbocycles. The molecule has 1 fully saturated rings. The van der Waals surface area contributed by atoms with Crippen LogP contribution in [0.4, 0.5) is 5.69 Å². The Balaban J connectivity index is 1.67. The zero-order valence-electron chi connectivity index (χ0n) is 14.6. The van der Waals surface area contributed by atoms with E-state index in [0.717, 1.165) is 11.4 Å². The molecule has 0 unspecified atom stereocenters. The molecule has 1 aliphatic carbocycles. The van der Waals surface area contributed by atoms with Crippen LogP contribution >= 0.6 is 0 Å². The first-order valence-electron chi connectivity index (χ1n) is 8.13. The van der Waals surface area contributed by atoms with Crippen molar-refractivity contribution in [1.82, 2.24) is 4.98 Å². The molecule has 0 aliphatic heterocycles. The van der Waals surface area contributed by atoms with Gasteiger partial charge in [-0.15, -0.1) is 0 Å². The van der Waals surface area contributed by atoms with Gasteiger partial charge in [0.1, 0.15) is 5.75 Å². The normalized spacial score (nSPS) is 21.6. The van der Waals surface area contributed by atoms with Crippen LogP contribution in [0.2, 0.25) is 0 Å². The predicted molar refractivity (Wildman–Crippen MR) is 97.7 cm³/mol. The fourth-order valence-electron chi connectivity index (χ4n) is 3.44. The second-order valence-corrected chi connectivity index (χ2v) is 8.37. The number of hydrogen-bond acceptors (Lipinski definition) is 4. The summed E-state index contributed by atoms with van der Waals surface area (Å²) in [6.45, 7) is 7.00. The Morgan fingerprint density at radius 1 is 1.24 bits per heavy atom. The fourth-order valence-corrected chi connectivity index (χ4v) is 3.91. The Hall–Kier alpha value is -2.12. The monoisotopic (exact) mass is 361 g/mol. The van der Waals surface area contributed by atoms with Crippen LogP contribution in [0.15, 0.2) is 42.6 Å². The fraction of sp³-hybridized carbons (Fsp3) is 0.389. The maximum absolute atomic E-state index is 11.1. The summed E-state index contributed by atoms with van der Waals surface area (Å²) in [4.78, 5) is 4.24. The number of nitrogens with one attached hydrogen (secondary N) is 1. The third-order valence-electron chi connectivity index (χ3n) is 4.96. The molecule has 0 spiro atoms. The van der Waals surface area contributed by atoms with Crippen LogP contribution in [0.3, 0.4) is 0 Å². The second-order valence-electron chi connectivity index (χ2n) is 7.07. The number of aryl methyl sites for hydroxylation is 1. The van der Waals surface area contributed by atoms with Crippen LogP contribution in [0, 0.1) is 18.3 Å². The van der Waals surface area contributed by atoms with Crippen molar-refractivity contribution in [2.45, 2.75) is 26.7 Å². The van der Waals surface area contributed by atoms with Crippen LogP contribution in [0.25, 0.3) is 0 Å². The Kier molecular flexibility index (Phi) is 4.47. The highest BCUT2D eigenvalue weighted by Gasteiger charge is 2.58. The molecule has 3 rings (SSSR count). The van der Waals surface area contributed by atoms with Gasteiger partial charge in [-0.3, -0.25) is 9.71 Å². The van der Waals surface area contributed by atoms with Crippen molar-refractivity contribution in [3.05, 3.63) is 53.9 Å². The van der Waals surface area contributed by atoms with Gasteiger partial charge < -0.3 is 4.74 Å². The summed E-state index contributed by atoms with van der Waals surface area (Å²) < 4.78 is 30.4. The van der Waals surface area contributed by atoms with Gasteiger partial charge in [0.25, 0.3) is 10.2 Å². The lowest BCUT2D eigenvalue weighted by Gasteiger charge is -2.08. The summed E-state index contributed by atoms with van der Waals surface area (Å²) in [7, 11) is -3.75. The Labute approximate surface area is 148 Å². The Bertz CT molecular complexity index is 863. The molecule has 2 aromatic rings. The lowest BCUT2D eigenvalue weighted by atomic mass is 10.0. The number of nitrogens with two attached hydrogens (primary N) is 1. The van der Waals surface area contributed by atoms with Gasteiger partial charge in [-0.2, -0.15) is 8.42 Å². The number of aromatic nitrogens is 1. The summed E-state index contributed by atoms with van der Waals surface area (Å²) in [6, 6.07) is 11.1. The zero-order chi connectivity index (χ0) is 18.2. The molecule has 2 atom stereocenters. The van der Waals surface area contributed by atoms with Crippen molar-refractivity contribution in [3.8, 4) is 5.75 Å². The largest absolute Gasteiger partial charge is 0.491 e. The van der Waals surface area contributed by atoms with Gasteiger partial charge in [0.2, 0.25) is 0 Å². The summed E-state index contributed by atoms with van der Waals surface area (Å²) in [5.74, 6) is 1.58. The maximum atomic E-state index is 11.1. The van der Waals surface area contributed by atoms with Crippen LogP contribution in [-0.2, 0) is 10.2 Å². The van der Waals surface area contributed by atoms with Crippen LogP contribution in [0.1, 0.15) is 31.0 Å². The number of ether oxygens (including phenoxy) is 1. The molecule has 7 heteroatoms. The standard InChI is InChI=1S/C18H23N3O3S/c1-12-16(5-4-10-20-12)24-11-15-17(18(15,2)3)13-6-8-14(9-7-13)21-25(19,22)23/h4-10,15,17,21H,11H2,1-3H3,(H2,19,22,23)/t15-,17-/m0/s1. The van der Waals surface area contributed by atoms with Crippen molar-refractivity contribution in [2.24, 2.45) is 16.5 Å². The van der Waals surface area contributed by atoms with E-state index in [1.807, 2.05) is 31.2 Å².